The van der Waals surface area contributed by atoms with Gasteiger partial charge in [-0.15, -0.1) is 0 Å². The molecule has 1 saturated heterocycles. The summed E-state index contributed by atoms with van der Waals surface area (Å²) in [7, 11) is 0. The molecule has 27 heavy (non-hydrogen) atoms. The summed E-state index contributed by atoms with van der Waals surface area (Å²) < 4.78 is 5.75. The molecule has 2 aromatic rings. The Morgan fingerprint density at radius 2 is 2.00 bits per heavy atom. The number of para-hydroxylation sites is 1. The van der Waals surface area contributed by atoms with E-state index in [0.29, 0.717) is 36.3 Å². The molecule has 0 saturated carbocycles. The van der Waals surface area contributed by atoms with Gasteiger partial charge in [-0.2, -0.15) is 0 Å². The van der Waals surface area contributed by atoms with Crippen LogP contribution in [0.25, 0.3) is 6.08 Å². The van der Waals surface area contributed by atoms with Gasteiger partial charge in [-0.1, -0.05) is 65.4 Å². The van der Waals surface area contributed by atoms with Crippen molar-refractivity contribution in [2.45, 2.75) is 0 Å². The number of anilines is 1. The van der Waals surface area contributed by atoms with Crippen molar-refractivity contribution in [3.05, 3.63) is 63.0 Å². The molecule has 0 atom stereocenters. The number of thiocarbonyl (C=S) groups is 1. The molecule has 2 N–H and O–H groups in total. The molecule has 5 nitrogen and oxygen atoms in total. The fraction of sp³-hybridized carbons (Fsp3) is 0.0556. The second kappa shape index (κ2) is 8.31. The minimum atomic E-state index is -0.589. The number of halogens is 2. The van der Waals surface area contributed by atoms with E-state index in [1.807, 2.05) is 0 Å². The van der Waals surface area contributed by atoms with Gasteiger partial charge in [0.15, 0.2) is 10.9 Å². The maximum Gasteiger partial charge on any atom is 0.270 e. The summed E-state index contributed by atoms with van der Waals surface area (Å²) in [6.07, 6.45) is 1.65. The Hall–Kier alpha value is -2.06. The van der Waals surface area contributed by atoms with Crippen LogP contribution in [0.3, 0.4) is 0 Å². The van der Waals surface area contributed by atoms with Gasteiger partial charge in [0.05, 0.1) is 15.6 Å². The molecule has 0 bridgehead atoms. The van der Waals surface area contributed by atoms with Crippen LogP contribution in [0.2, 0.25) is 10.0 Å². The molecule has 1 heterocycles. The molecule has 138 valence electrons. The van der Waals surface area contributed by atoms with Crippen molar-refractivity contribution in [3.63, 3.8) is 0 Å². The Kier molecular flexibility index (Phi) is 6.06. The first kappa shape index (κ1) is 19.7. The van der Waals surface area contributed by atoms with Crippen LogP contribution in [0.15, 0.2) is 47.4 Å². The monoisotopic (exact) mass is 438 g/mol. The normalized spacial score (nSPS) is 15.5. The smallest absolute Gasteiger partial charge is 0.270 e. The molecule has 2 amide bonds. The number of hydrogen-bond donors (Lipinski definition) is 1. The average molecular weight is 439 g/mol. The highest BCUT2D eigenvalue weighted by Gasteiger charge is 2.34. The van der Waals surface area contributed by atoms with Crippen LogP contribution in [0.5, 0.6) is 5.75 Å². The van der Waals surface area contributed by atoms with E-state index in [9.17, 15) is 9.59 Å². The Labute approximate surface area is 175 Å². The van der Waals surface area contributed by atoms with Crippen LogP contribution >= 0.6 is 47.2 Å². The topological polar surface area (TPSA) is 72.6 Å². The van der Waals surface area contributed by atoms with E-state index >= 15 is 0 Å². The summed E-state index contributed by atoms with van der Waals surface area (Å²) in [5, 5.41) is 0.788. The Morgan fingerprint density at radius 1 is 1.26 bits per heavy atom. The van der Waals surface area contributed by atoms with Crippen molar-refractivity contribution < 1.29 is 14.3 Å². The van der Waals surface area contributed by atoms with E-state index in [0.717, 1.165) is 11.8 Å². The Bertz CT molecular complexity index is 979. The summed E-state index contributed by atoms with van der Waals surface area (Å²) in [5.41, 5.74) is 6.21. The maximum absolute atomic E-state index is 12.9. The van der Waals surface area contributed by atoms with E-state index in [-0.39, 0.29) is 12.5 Å². The van der Waals surface area contributed by atoms with Crippen molar-refractivity contribution in [2.24, 2.45) is 5.73 Å². The van der Waals surface area contributed by atoms with Gasteiger partial charge in [-0.3, -0.25) is 14.5 Å². The van der Waals surface area contributed by atoms with Gasteiger partial charge in [0, 0.05) is 10.6 Å². The van der Waals surface area contributed by atoms with E-state index in [1.165, 1.54) is 4.90 Å². The SMILES string of the molecule is NC(=O)COc1ccccc1/C=C1\SC(=S)N(c2ccc(Cl)cc2Cl)C1=O. The zero-order valence-electron chi connectivity index (χ0n) is 13.6. The van der Waals surface area contributed by atoms with Crippen LogP contribution in [-0.2, 0) is 9.59 Å². The first-order valence-corrected chi connectivity index (χ1v) is 9.58. The van der Waals surface area contributed by atoms with E-state index in [4.69, 9.17) is 45.9 Å². The second-order valence-corrected chi connectivity index (χ2v) is 7.93. The van der Waals surface area contributed by atoms with Gasteiger partial charge in [0.25, 0.3) is 11.8 Å². The molecule has 0 radical (unpaired) electrons. The number of ether oxygens (including phenoxy) is 1. The highest BCUT2D eigenvalue weighted by molar-refractivity contribution is 8.27. The number of amides is 2. The third kappa shape index (κ3) is 4.44. The Balaban J connectivity index is 1.92. The first-order chi connectivity index (χ1) is 12.9. The predicted octanol–water partition coefficient (Wildman–Crippen LogP) is 4.26. The third-order valence-corrected chi connectivity index (χ3v) is 5.36. The fourth-order valence-electron chi connectivity index (χ4n) is 2.36. The maximum atomic E-state index is 12.9. The Morgan fingerprint density at radius 3 is 2.70 bits per heavy atom. The summed E-state index contributed by atoms with van der Waals surface area (Å²) in [4.78, 5) is 25.6. The molecule has 2 aromatic carbocycles. The van der Waals surface area contributed by atoms with Crippen molar-refractivity contribution in [2.75, 3.05) is 11.5 Å². The number of carbonyl (C=O) groups is 2. The van der Waals surface area contributed by atoms with Crippen LogP contribution in [-0.4, -0.2) is 22.7 Å². The molecule has 1 aliphatic rings. The lowest BCUT2D eigenvalue weighted by molar-refractivity contribution is -0.120. The molecule has 3 rings (SSSR count). The molecule has 1 aliphatic heterocycles. The minimum Gasteiger partial charge on any atom is -0.483 e. The molecule has 0 aliphatic carbocycles. The summed E-state index contributed by atoms with van der Waals surface area (Å²) in [6, 6.07) is 11.8. The molecule has 1 fully saturated rings. The molecular formula is C18H12Cl2N2O3S2. The first-order valence-electron chi connectivity index (χ1n) is 7.60. The lowest BCUT2D eigenvalue weighted by Gasteiger charge is -2.16. The summed E-state index contributed by atoms with van der Waals surface area (Å²) in [5.74, 6) is -0.460. The van der Waals surface area contributed by atoms with Crippen molar-refractivity contribution >= 4 is 75.1 Å². The lowest BCUT2D eigenvalue weighted by atomic mass is 10.2. The molecule has 0 unspecified atom stereocenters. The van der Waals surface area contributed by atoms with E-state index in [2.05, 4.69) is 0 Å². The number of benzene rings is 2. The fourth-order valence-corrected chi connectivity index (χ4v) is 4.13. The highest BCUT2D eigenvalue weighted by atomic mass is 35.5. The number of nitrogens with zero attached hydrogens (tertiary/aromatic N) is 1. The van der Waals surface area contributed by atoms with Gasteiger partial charge >= 0.3 is 0 Å². The van der Waals surface area contributed by atoms with Crippen LogP contribution in [0.1, 0.15) is 5.56 Å². The molecular weight excluding hydrogens is 427 g/mol. The van der Waals surface area contributed by atoms with Crippen molar-refractivity contribution in [3.8, 4) is 5.75 Å². The van der Waals surface area contributed by atoms with E-state index in [1.54, 1.807) is 48.5 Å². The number of hydrogen-bond acceptors (Lipinski definition) is 5. The molecule has 0 spiro atoms. The minimum absolute atomic E-state index is 0.258. The highest BCUT2D eigenvalue weighted by Crippen LogP contribution is 2.40. The third-order valence-electron chi connectivity index (χ3n) is 3.52. The van der Waals surface area contributed by atoms with Crippen molar-refractivity contribution in [1.82, 2.24) is 0 Å². The zero-order valence-corrected chi connectivity index (χ0v) is 16.8. The van der Waals surface area contributed by atoms with Crippen molar-refractivity contribution in [1.29, 1.82) is 0 Å². The number of thioether (sulfide) groups is 1. The lowest BCUT2D eigenvalue weighted by Crippen LogP contribution is -2.27. The molecule has 9 heteroatoms. The number of rotatable bonds is 5. The van der Waals surface area contributed by atoms with Crippen LogP contribution < -0.4 is 15.4 Å². The number of nitrogens with two attached hydrogens (primary N) is 1. The van der Waals surface area contributed by atoms with Crippen LogP contribution in [0.4, 0.5) is 5.69 Å². The quantitative estimate of drug-likeness (QED) is 0.557. The molecule has 0 aromatic heterocycles. The zero-order chi connectivity index (χ0) is 19.6. The largest absolute Gasteiger partial charge is 0.483 e. The van der Waals surface area contributed by atoms with Gasteiger partial charge in [-0.05, 0) is 30.3 Å². The van der Waals surface area contributed by atoms with Crippen LogP contribution in [0, 0.1) is 0 Å². The number of primary amides is 1. The summed E-state index contributed by atoms with van der Waals surface area (Å²) >= 11 is 18.6. The number of carbonyl (C=O) groups excluding carboxylic acids is 2. The predicted molar refractivity (Wildman–Crippen MR) is 113 cm³/mol. The van der Waals surface area contributed by atoms with Gasteiger partial charge in [0.2, 0.25) is 0 Å². The average Bonchev–Trinajstić information content (AvgIpc) is 2.88. The van der Waals surface area contributed by atoms with Gasteiger partial charge in [0.1, 0.15) is 5.75 Å². The standard InChI is InChI=1S/C18H12Cl2N2O3S2/c19-11-5-6-13(12(20)8-11)22-17(24)15(27-18(22)26)7-10-3-1-2-4-14(10)25-9-16(21)23/h1-8H,9H2,(H2,21,23)/b15-7-. The second-order valence-electron chi connectivity index (χ2n) is 5.41. The summed E-state index contributed by atoms with van der Waals surface area (Å²) in [6.45, 7) is -0.258. The van der Waals surface area contributed by atoms with E-state index < -0.39 is 5.91 Å². The van der Waals surface area contributed by atoms with Gasteiger partial charge in [-0.25, -0.2) is 0 Å². The van der Waals surface area contributed by atoms with Gasteiger partial charge < -0.3 is 10.5 Å².